The Bertz CT molecular complexity index is 640. The van der Waals surface area contributed by atoms with Crippen LogP contribution in [-0.4, -0.2) is 19.7 Å². The van der Waals surface area contributed by atoms with Crippen LogP contribution in [0.1, 0.15) is 54.8 Å². The van der Waals surface area contributed by atoms with Crippen LogP contribution in [0.3, 0.4) is 0 Å². The summed E-state index contributed by atoms with van der Waals surface area (Å²) in [6.45, 7) is 10.5. The first-order chi connectivity index (χ1) is 10.7. The van der Waals surface area contributed by atoms with E-state index >= 15 is 0 Å². The van der Waals surface area contributed by atoms with Gasteiger partial charge in [-0.05, 0) is 32.4 Å². The zero-order valence-electron chi connectivity index (χ0n) is 15.0. The zero-order chi connectivity index (χ0) is 17.9. The summed E-state index contributed by atoms with van der Waals surface area (Å²) >= 11 is 3.08. The van der Waals surface area contributed by atoms with Gasteiger partial charge in [-0.3, -0.25) is 0 Å². The van der Waals surface area contributed by atoms with Crippen molar-refractivity contribution in [1.29, 1.82) is 0 Å². The molecule has 0 spiro atoms. The fourth-order valence-corrected chi connectivity index (χ4v) is 4.17. The van der Waals surface area contributed by atoms with E-state index in [2.05, 4.69) is 25.8 Å². The van der Waals surface area contributed by atoms with Crippen molar-refractivity contribution in [3.8, 4) is 0 Å². The fourth-order valence-electron chi connectivity index (χ4n) is 1.53. The van der Waals surface area contributed by atoms with Gasteiger partial charge in [0.1, 0.15) is 4.21 Å². The Labute approximate surface area is 149 Å². The molecule has 0 saturated carbocycles. The lowest BCUT2D eigenvalue weighted by molar-refractivity contribution is 0.604. The molecule has 2 heterocycles. The van der Waals surface area contributed by atoms with Crippen molar-refractivity contribution in [2.24, 2.45) is 0 Å². The lowest BCUT2D eigenvalue weighted by Crippen LogP contribution is -1.91. The number of hydrogen-bond acceptors (Lipinski definition) is 5. The van der Waals surface area contributed by atoms with E-state index in [0.29, 0.717) is 4.21 Å². The second-order valence-corrected chi connectivity index (χ2v) is 10.0. The van der Waals surface area contributed by atoms with Gasteiger partial charge in [0, 0.05) is 22.2 Å². The minimum absolute atomic E-state index is 0.449. The predicted octanol–water partition coefficient (Wildman–Crippen LogP) is 5.67. The van der Waals surface area contributed by atoms with Crippen LogP contribution >= 0.6 is 22.7 Å². The maximum atomic E-state index is 10.9. The lowest BCUT2D eigenvalue weighted by atomic mass is 10.3. The van der Waals surface area contributed by atoms with Gasteiger partial charge in [-0.2, -0.15) is 0 Å². The largest absolute Gasteiger partial charge is 0.250 e. The van der Waals surface area contributed by atoms with E-state index < -0.39 is 9.84 Å². The topological polar surface area (TPSA) is 47.0 Å². The van der Waals surface area contributed by atoms with Crippen LogP contribution in [0.15, 0.2) is 22.5 Å². The van der Waals surface area contributed by atoms with Gasteiger partial charge in [0.15, 0.2) is 9.84 Å². The van der Waals surface area contributed by atoms with Gasteiger partial charge >= 0.3 is 0 Å². The molecule has 0 saturated heterocycles. The number of aromatic nitrogens is 1. The summed E-state index contributed by atoms with van der Waals surface area (Å²) in [4.78, 5) is 6.51. The monoisotopic (exact) mass is 375 g/mol. The summed E-state index contributed by atoms with van der Waals surface area (Å²) in [6.07, 6.45) is 8.36. The molecule has 2 aromatic heterocycles. The Morgan fingerprint density at radius 2 is 1.65 bits per heavy atom. The van der Waals surface area contributed by atoms with Crippen molar-refractivity contribution in [1.82, 2.24) is 4.98 Å². The SMILES string of the molecule is CCCCC.CCc1cnc(C)s1.Cc1ccc(S(C)(=O)=O)s1. The lowest BCUT2D eigenvalue weighted by Gasteiger charge is -1.87. The third kappa shape index (κ3) is 10.6. The van der Waals surface area contributed by atoms with Gasteiger partial charge < -0.3 is 0 Å². The number of thiazole rings is 1. The van der Waals surface area contributed by atoms with Crippen molar-refractivity contribution in [3.63, 3.8) is 0 Å². The molecule has 0 aliphatic rings. The van der Waals surface area contributed by atoms with Gasteiger partial charge in [0.2, 0.25) is 0 Å². The summed E-state index contributed by atoms with van der Waals surface area (Å²) in [6, 6.07) is 3.44. The van der Waals surface area contributed by atoms with E-state index in [4.69, 9.17) is 0 Å². The molecule has 3 nitrogen and oxygen atoms in total. The number of aryl methyl sites for hydroxylation is 3. The van der Waals surface area contributed by atoms with E-state index in [1.165, 1.54) is 46.7 Å². The van der Waals surface area contributed by atoms with Crippen LogP contribution in [0.5, 0.6) is 0 Å². The molecule has 0 fully saturated rings. The van der Waals surface area contributed by atoms with Crippen molar-refractivity contribution >= 4 is 32.5 Å². The summed E-state index contributed by atoms with van der Waals surface area (Å²) in [5.74, 6) is 0. The quantitative estimate of drug-likeness (QED) is 0.691. The van der Waals surface area contributed by atoms with Gasteiger partial charge in [0.25, 0.3) is 0 Å². The van der Waals surface area contributed by atoms with E-state index in [9.17, 15) is 8.42 Å². The van der Waals surface area contributed by atoms with Gasteiger partial charge in [-0.15, -0.1) is 22.7 Å². The molecular weight excluding hydrogens is 346 g/mol. The minimum Gasteiger partial charge on any atom is -0.250 e. The first kappa shape index (κ1) is 22.3. The van der Waals surface area contributed by atoms with E-state index in [-0.39, 0.29) is 0 Å². The predicted molar refractivity (Wildman–Crippen MR) is 104 cm³/mol. The van der Waals surface area contributed by atoms with E-state index in [1.54, 1.807) is 23.5 Å². The number of hydrogen-bond donors (Lipinski definition) is 0. The van der Waals surface area contributed by atoms with Crippen LogP contribution in [-0.2, 0) is 16.3 Å². The first-order valence-electron chi connectivity index (χ1n) is 7.92. The molecule has 0 atom stereocenters. The second-order valence-electron chi connectivity index (χ2n) is 5.19. The number of unbranched alkanes of at least 4 members (excludes halogenated alkanes) is 2. The number of rotatable bonds is 4. The Morgan fingerprint density at radius 3 is 1.83 bits per heavy atom. The molecule has 0 aliphatic heterocycles. The van der Waals surface area contributed by atoms with Crippen LogP contribution in [0, 0.1) is 13.8 Å². The van der Waals surface area contributed by atoms with Crippen molar-refractivity contribution in [3.05, 3.63) is 33.1 Å². The zero-order valence-corrected chi connectivity index (χ0v) is 17.5. The highest BCUT2D eigenvalue weighted by molar-refractivity contribution is 7.92. The molecule has 0 amide bonds. The maximum Gasteiger partial charge on any atom is 0.184 e. The summed E-state index contributed by atoms with van der Waals surface area (Å²) in [7, 11) is -2.96. The third-order valence-electron chi connectivity index (χ3n) is 2.81. The van der Waals surface area contributed by atoms with E-state index in [0.717, 1.165) is 11.3 Å². The average molecular weight is 376 g/mol. The van der Waals surface area contributed by atoms with Crippen LogP contribution < -0.4 is 0 Å². The van der Waals surface area contributed by atoms with E-state index in [1.807, 2.05) is 20.0 Å². The van der Waals surface area contributed by atoms with Gasteiger partial charge in [-0.25, -0.2) is 13.4 Å². The van der Waals surface area contributed by atoms with Gasteiger partial charge in [-0.1, -0.05) is 40.0 Å². The smallest absolute Gasteiger partial charge is 0.184 e. The van der Waals surface area contributed by atoms with Crippen LogP contribution in [0.2, 0.25) is 0 Å². The molecular formula is C17H29NO2S3. The Balaban J connectivity index is 0.000000335. The van der Waals surface area contributed by atoms with Crippen LogP contribution in [0.4, 0.5) is 0 Å². The first-order valence-corrected chi connectivity index (χ1v) is 11.4. The molecule has 6 heteroatoms. The minimum atomic E-state index is -2.96. The highest BCUT2D eigenvalue weighted by Crippen LogP contribution is 2.19. The van der Waals surface area contributed by atoms with Gasteiger partial charge in [0.05, 0.1) is 5.01 Å². The molecule has 132 valence electrons. The molecule has 0 aliphatic carbocycles. The van der Waals surface area contributed by atoms with Crippen molar-refractivity contribution in [2.45, 2.75) is 64.5 Å². The Kier molecular flexibility index (Phi) is 11.4. The standard InChI is InChI=1S/C6H9NS.C6H8O2S2.C5H12/c1-3-6-4-7-5(2)8-6;1-5-3-4-6(9-5)10(2,7)8;1-3-5-4-2/h4H,3H2,1-2H3;3-4H,1-2H3;3-5H2,1-2H3. The summed E-state index contributed by atoms with van der Waals surface area (Å²) < 4.78 is 22.2. The average Bonchev–Trinajstić information content (AvgIpc) is 3.09. The molecule has 0 unspecified atom stereocenters. The Hall–Kier alpha value is -0.720. The summed E-state index contributed by atoms with van der Waals surface area (Å²) in [5.41, 5.74) is 0. The highest BCUT2D eigenvalue weighted by atomic mass is 32.2. The molecule has 0 radical (unpaired) electrons. The molecule has 0 bridgehead atoms. The van der Waals surface area contributed by atoms with Crippen molar-refractivity contribution in [2.75, 3.05) is 6.26 Å². The molecule has 2 rings (SSSR count). The second kappa shape index (κ2) is 11.8. The third-order valence-corrected chi connectivity index (χ3v) is 6.68. The molecule has 2 aromatic rings. The van der Waals surface area contributed by atoms with Crippen molar-refractivity contribution < 1.29 is 8.42 Å². The number of sulfone groups is 1. The number of nitrogens with zero attached hydrogens (tertiary/aromatic N) is 1. The normalized spacial score (nSPS) is 10.3. The molecule has 0 aromatic carbocycles. The van der Waals surface area contributed by atoms with Crippen LogP contribution in [0.25, 0.3) is 0 Å². The molecule has 0 N–H and O–H groups in total. The maximum absolute atomic E-state index is 10.9. The highest BCUT2D eigenvalue weighted by Gasteiger charge is 2.07. The Morgan fingerprint density at radius 1 is 1.04 bits per heavy atom. The number of thiophene rings is 1. The molecule has 23 heavy (non-hydrogen) atoms. The summed E-state index contributed by atoms with van der Waals surface area (Å²) in [5, 5.41) is 1.17. The fraction of sp³-hybridized carbons (Fsp3) is 0.588.